The molecule has 0 fully saturated rings. The van der Waals surface area contributed by atoms with Gasteiger partial charge in [0.05, 0.1) is 0 Å². The SMILES string of the molecule is N.O.O.[O-2].[O-2].[OH-].[V]. The zero-order chi connectivity index (χ0) is 0. The summed E-state index contributed by atoms with van der Waals surface area (Å²) >= 11 is 0. The number of rotatable bonds is 0. The van der Waals surface area contributed by atoms with Crippen molar-refractivity contribution in [3.63, 3.8) is 0 Å². The maximum absolute atomic E-state index is 0. The molecule has 0 aromatic carbocycles. The average Bonchev–Trinajstić information content (AvgIpc) is 0. The monoisotopic (exact) mass is 153 g/mol. The van der Waals surface area contributed by atoms with Crippen LogP contribution in [0.1, 0.15) is 0 Å². The molecule has 53 valence electrons. The van der Waals surface area contributed by atoms with E-state index in [0.717, 1.165) is 0 Å². The second-order valence-electron chi connectivity index (χ2n) is 0. The van der Waals surface area contributed by atoms with Gasteiger partial charge in [-0.25, -0.2) is 0 Å². The summed E-state index contributed by atoms with van der Waals surface area (Å²) in [4.78, 5) is 0. The summed E-state index contributed by atoms with van der Waals surface area (Å²) < 4.78 is 0. The predicted octanol–water partition coefficient (Wildman–Crippen LogP) is -1.90. The molecule has 0 aromatic rings. The van der Waals surface area contributed by atoms with Gasteiger partial charge in [-0.3, -0.25) is 0 Å². The number of hydrogen-bond acceptors (Lipinski definition) is 2. The zero-order valence-electron chi connectivity index (χ0n) is 3.42. The molecule has 8 N–H and O–H groups in total. The second-order valence-corrected chi connectivity index (χ2v) is 0. The molecular formula is H8NO5V-5. The Morgan fingerprint density at radius 1 is 0.714 bits per heavy atom. The predicted molar refractivity (Wildman–Crippen MR) is 15.6 cm³/mol. The molecule has 0 amide bonds. The third-order valence-electron chi connectivity index (χ3n) is 0. The first kappa shape index (κ1) is 2490. The fourth-order valence-corrected chi connectivity index (χ4v) is 0. The van der Waals surface area contributed by atoms with Crippen LogP contribution in [0, 0.1) is 0 Å². The van der Waals surface area contributed by atoms with Crippen LogP contribution in [0.5, 0.6) is 0 Å². The van der Waals surface area contributed by atoms with Crippen LogP contribution in [-0.4, -0.2) is 16.4 Å². The molecule has 0 unspecified atom stereocenters. The van der Waals surface area contributed by atoms with Crippen LogP contribution in [0.15, 0.2) is 0 Å². The summed E-state index contributed by atoms with van der Waals surface area (Å²) in [5.41, 5.74) is 0. The Morgan fingerprint density at radius 3 is 0.714 bits per heavy atom. The van der Waals surface area contributed by atoms with E-state index >= 15 is 0 Å². The molecule has 0 heterocycles. The van der Waals surface area contributed by atoms with E-state index in [9.17, 15) is 0 Å². The third-order valence-corrected chi connectivity index (χ3v) is 0. The first-order valence-electron chi connectivity index (χ1n) is 0. The first-order valence-corrected chi connectivity index (χ1v) is 0. The molecule has 0 aliphatic carbocycles. The van der Waals surface area contributed by atoms with Gasteiger partial charge in [0.25, 0.3) is 0 Å². The van der Waals surface area contributed by atoms with Gasteiger partial charge < -0.3 is 33.5 Å². The fourth-order valence-electron chi connectivity index (χ4n) is 0. The van der Waals surface area contributed by atoms with Gasteiger partial charge in [0.15, 0.2) is 0 Å². The van der Waals surface area contributed by atoms with E-state index in [-0.39, 0.29) is 52.1 Å². The summed E-state index contributed by atoms with van der Waals surface area (Å²) in [6, 6.07) is 0. The maximum Gasteiger partial charge on any atom is 0 e. The van der Waals surface area contributed by atoms with Crippen molar-refractivity contribution < 1.29 is 45.9 Å². The molecule has 0 aromatic heterocycles. The second kappa shape index (κ2) is 1530. The van der Waals surface area contributed by atoms with Crippen molar-refractivity contribution >= 4 is 0 Å². The third kappa shape index (κ3) is 1010. The largest absolute Gasteiger partial charge is 2.00 e. The van der Waals surface area contributed by atoms with Gasteiger partial charge in [0, 0.05) is 18.6 Å². The van der Waals surface area contributed by atoms with E-state index in [1.165, 1.54) is 0 Å². The van der Waals surface area contributed by atoms with Gasteiger partial charge in [-0.15, -0.1) is 0 Å². The smallest absolute Gasteiger partial charge is 0 e. The molecular weight excluding hydrogens is 145 g/mol. The topological polar surface area (TPSA) is 185 Å². The van der Waals surface area contributed by atoms with Crippen LogP contribution in [0.4, 0.5) is 0 Å². The first-order chi connectivity index (χ1) is 0. The van der Waals surface area contributed by atoms with Gasteiger partial charge in [0.2, 0.25) is 0 Å². The summed E-state index contributed by atoms with van der Waals surface area (Å²) in [5.74, 6) is 0. The summed E-state index contributed by atoms with van der Waals surface area (Å²) in [7, 11) is 0. The molecule has 0 rings (SSSR count). The van der Waals surface area contributed by atoms with Crippen molar-refractivity contribution in [2.45, 2.75) is 0 Å². The summed E-state index contributed by atoms with van der Waals surface area (Å²) in [6.07, 6.45) is 0. The van der Waals surface area contributed by atoms with Crippen molar-refractivity contribution in [3.8, 4) is 0 Å². The summed E-state index contributed by atoms with van der Waals surface area (Å²) in [5, 5.41) is 0. The van der Waals surface area contributed by atoms with E-state index in [2.05, 4.69) is 0 Å². The molecule has 0 aliphatic heterocycles. The van der Waals surface area contributed by atoms with Crippen LogP contribution in [-0.2, 0) is 29.5 Å². The molecule has 0 spiro atoms. The van der Waals surface area contributed by atoms with Crippen LogP contribution < -0.4 is 6.15 Å². The van der Waals surface area contributed by atoms with Crippen molar-refractivity contribution in [1.82, 2.24) is 6.15 Å². The van der Waals surface area contributed by atoms with E-state index in [0.29, 0.717) is 0 Å². The van der Waals surface area contributed by atoms with Crippen LogP contribution in [0.25, 0.3) is 0 Å². The zero-order valence-corrected chi connectivity index (χ0v) is 4.81. The van der Waals surface area contributed by atoms with Gasteiger partial charge in [0.1, 0.15) is 0 Å². The van der Waals surface area contributed by atoms with E-state index in [1.54, 1.807) is 0 Å². The Hall–Kier alpha value is 0.344. The van der Waals surface area contributed by atoms with E-state index in [1.807, 2.05) is 0 Å². The van der Waals surface area contributed by atoms with Gasteiger partial charge >= 0.3 is 0 Å². The van der Waals surface area contributed by atoms with Crippen molar-refractivity contribution in [2.75, 3.05) is 0 Å². The Labute approximate surface area is 52.9 Å². The minimum absolute atomic E-state index is 0. The molecule has 0 saturated carbocycles. The molecule has 7 heteroatoms. The molecule has 0 atom stereocenters. The van der Waals surface area contributed by atoms with E-state index in [4.69, 9.17) is 0 Å². The number of hydrogen-bond donors (Lipinski definition) is 1. The standard InChI is InChI=1S/H3N.3H2O.2O.V/h1H3;3*1H2;;;/q;;;;2*-2;/p-1. The average molecular weight is 153 g/mol. The van der Waals surface area contributed by atoms with E-state index < -0.39 is 0 Å². The summed E-state index contributed by atoms with van der Waals surface area (Å²) in [6.45, 7) is 0. The Kier molecular flexibility index (Phi) is 544000. The van der Waals surface area contributed by atoms with Gasteiger partial charge in [-0.1, -0.05) is 0 Å². The Balaban J connectivity index is 0. The van der Waals surface area contributed by atoms with Crippen LogP contribution >= 0.6 is 0 Å². The molecule has 6 nitrogen and oxygen atoms in total. The molecule has 7 heavy (non-hydrogen) atoms. The quantitative estimate of drug-likeness (QED) is 0.425. The fraction of sp³-hybridized carbons (Fsp3) is 0. The van der Waals surface area contributed by atoms with Crippen LogP contribution in [0.2, 0.25) is 0 Å². The van der Waals surface area contributed by atoms with Gasteiger partial charge in [-0.2, -0.15) is 0 Å². The minimum Gasteiger partial charge on any atom is -2.00 e. The van der Waals surface area contributed by atoms with Crippen molar-refractivity contribution in [1.29, 1.82) is 0 Å². The minimum atomic E-state index is 0. The molecule has 0 aliphatic rings. The molecule has 0 saturated heterocycles. The maximum atomic E-state index is 0. The molecule has 1 radical (unpaired) electrons. The van der Waals surface area contributed by atoms with Crippen LogP contribution in [0.3, 0.4) is 0 Å². The molecule has 0 bridgehead atoms. The van der Waals surface area contributed by atoms with Crippen molar-refractivity contribution in [3.05, 3.63) is 0 Å². The van der Waals surface area contributed by atoms with Crippen molar-refractivity contribution in [2.24, 2.45) is 0 Å². The Bertz CT molecular complexity index is 8.04. The van der Waals surface area contributed by atoms with Gasteiger partial charge in [-0.05, 0) is 0 Å². The normalized spacial score (nSPS) is 0. The Morgan fingerprint density at radius 2 is 0.714 bits per heavy atom.